The third kappa shape index (κ3) is 6.92. The summed E-state index contributed by atoms with van der Waals surface area (Å²) in [6, 6.07) is 15.4. The number of nitro groups is 1. The average Bonchev–Trinajstić information content (AvgIpc) is 2.87. The Bertz CT molecular complexity index is 1250. The summed E-state index contributed by atoms with van der Waals surface area (Å²) in [6.45, 7) is 5.32. The lowest BCUT2D eigenvalue weighted by Gasteiger charge is -2.30. The molecule has 0 aliphatic carbocycles. The standard InChI is InChI=1S/C28H30N2O7/c1-18(13-14-21-9-6-5-7-10-21)37-28(32)25-20(3)29-19(2)24(27(31)36-16-15-35-4)26(25)22-11-8-12-23(17-22)30(33)34/h5-14,17-18,26,29H,15-16H2,1-4H3/b14-13+/t18?,26-/m1/s1. The lowest BCUT2D eigenvalue weighted by molar-refractivity contribution is -0.384. The van der Waals surface area contributed by atoms with Crippen molar-refractivity contribution >= 4 is 23.7 Å². The number of nitrogens with one attached hydrogen (secondary N) is 1. The molecule has 3 rings (SSSR count). The Morgan fingerprint density at radius 3 is 2.35 bits per heavy atom. The van der Waals surface area contributed by atoms with Gasteiger partial charge < -0.3 is 19.5 Å². The summed E-state index contributed by atoms with van der Waals surface area (Å²) >= 11 is 0. The van der Waals surface area contributed by atoms with Gasteiger partial charge >= 0.3 is 11.9 Å². The first-order valence-corrected chi connectivity index (χ1v) is 11.8. The number of benzene rings is 2. The van der Waals surface area contributed by atoms with Crippen molar-refractivity contribution in [3.8, 4) is 0 Å². The van der Waals surface area contributed by atoms with Crippen LogP contribution in [0.15, 0.2) is 83.2 Å². The van der Waals surface area contributed by atoms with Crippen molar-refractivity contribution < 1.29 is 28.7 Å². The van der Waals surface area contributed by atoms with Crippen molar-refractivity contribution in [2.75, 3.05) is 20.3 Å². The summed E-state index contributed by atoms with van der Waals surface area (Å²) in [4.78, 5) is 37.6. The fourth-order valence-corrected chi connectivity index (χ4v) is 4.06. The Hall–Kier alpha value is -4.24. The quantitative estimate of drug-likeness (QED) is 0.214. The van der Waals surface area contributed by atoms with Crippen LogP contribution in [0.2, 0.25) is 0 Å². The van der Waals surface area contributed by atoms with Crippen LogP contribution in [0.4, 0.5) is 5.69 Å². The highest BCUT2D eigenvalue weighted by molar-refractivity contribution is 6.00. The highest BCUT2D eigenvalue weighted by atomic mass is 16.6. The normalized spacial score (nSPS) is 16.4. The molecule has 0 amide bonds. The summed E-state index contributed by atoms with van der Waals surface area (Å²) in [5.74, 6) is -2.25. The number of carbonyl (C=O) groups is 2. The van der Waals surface area contributed by atoms with Gasteiger partial charge in [-0.1, -0.05) is 48.5 Å². The van der Waals surface area contributed by atoms with E-state index in [0.717, 1.165) is 5.56 Å². The molecule has 2 aromatic rings. The second-order valence-corrected chi connectivity index (χ2v) is 8.50. The van der Waals surface area contributed by atoms with Gasteiger partial charge in [-0.05, 0) is 38.0 Å². The number of hydrogen-bond acceptors (Lipinski definition) is 8. The number of carbonyl (C=O) groups excluding carboxylic acids is 2. The highest BCUT2D eigenvalue weighted by Gasteiger charge is 2.38. The van der Waals surface area contributed by atoms with E-state index in [2.05, 4.69) is 5.32 Å². The van der Waals surface area contributed by atoms with Crippen LogP contribution in [0.1, 0.15) is 37.8 Å². The number of nitro benzene ring substituents is 1. The summed E-state index contributed by atoms with van der Waals surface area (Å²) in [6.07, 6.45) is 3.02. The number of non-ortho nitro benzene ring substituents is 1. The summed E-state index contributed by atoms with van der Waals surface area (Å²) in [5.41, 5.74) is 2.48. The van der Waals surface area contributed by atoms with E-state index in [1.54, 1.807) is 32.9 Å². The monoisotopic (exact) mass is 506 g/mol. The van der Waals surface area contributed by atoms with Crippen LogP contribution >= 0.6 is 0 Å². The minimum Gasteiger partial charge on any atom is -0.460 e. The molecule has 37 heavy (non-hydrogen) atoms. The van der Waals surface area contributed by atoms with E-state index >= 15 is 0 Å². The molecule has 194 valence electrons. The topological polar surface area (TPSA) is 117 Å². The fourth-order valence-electron chi connectivity index (χ4n) is 4.06. The van der Waals surface area contributed by atoms with Gasteiger partial charge in [-0.2, -0.15) is 0 Å². The van der Waals surface area contributed by atoms with Gasteiger partial charge in [0.2, 0.25) is 0 Å². The first kappa shape index (κ1) is 27.3. The third-order valence-electron chi connectivity index (χ3n) is 5.79. The van der Waals surface area contributed by atoms with Crippen LogP contribution in [0, 0.1) is 10.1 Å². The SMILES string of the molecule is COCCOC(=O)C1=C(C)NC(C)=C(C(=O)OC(C)/C=C/c2ccccc2)[C@@H]1c1cccc([N+](=O)[O-])c1. The van der Waals surface area contributed by atoms with Crippen molar-refractivity contribution in [2.24, 2.45) is 0 Å². The van der Waals surface area contributed by atoms with Gasteiger partial charge in [-0.3, -0.25) is 10.1 Å². The Morgan fingerprint density at radius 2 is 1.70 bits per heavy atom. The molecule has 0 saturated carbocycles. The zero-order valence-corrected chi connectivity index (χ0v) is 21.2. The lowest BCUT2D eigenvalue weighted by Crippen LogP contribution is -2.33. The number of ether oxygens (including phenoxy) is 3. The Balaban J connectivity index is 1.98. The maximum absolute atomic E-state index is 13.5. The van der Waals surface area contributed by atoms with Crippen LogP contribution in [0.25, 0.3) is 6.08 Å². The maximum atomic E-state index is 13.5. The molecule has 1 N–H and O–H groups in total. The predicted molar refractivity (Wildman–Crippen MR) is 138 cm³/mol. The number of esters is 2. The van der Waals surface area contributed by atoms with Gasteiger partial charge in [0.1, 0.15) is 12.7 Å². The molecule has 9 heteroatoms. The lowest BCUT2D eigenvalue weighted by atomic mass is 9.80. The summed E-state index contributed by atoms with van der Waals surface area (Å²) < 4.78 is 16.1. The van der Waals surface area contributed by atoms with Crippen LogP contribution in [0.3, 0.4) is 0 Å². The van der Waals surface area contributed by atoms with Gasteiger partial charge in [-0.15, -0.1) is 0 Å². The second kappa shape index (κ2) is 12.6. The number of nitrogens with zero attached hydrogens (tertiary/aromatic N) is 1. The molecule has 1 aliphatic heterocycles. The van der Waals surface area contributed by atoms with Crippen molar-refractivity contribution in [3.05, 3.63) is 104 Å². The molecule has 1 unspecified atom stereocenters. The van der Waals surface area contributed by atoms with Crippen molar-refractivity contribution in [3.63, 3.8) is 0 Å². The van der Waals surface area contributed by atoms with Gasteiger partial charge in [0.05, 0.1) is 28.6 Å². The van der Waals surface area contributed by atoms with Crippen LogP contribution in [-0.2, 0) is 23.8 Å². The van der Waals surface area contributed by atoms with E-state index in [1.165, 1.54) is 25.3 Å². The number of dihydropyridines is 1. The molecule has 0 fully saturated rings. The molecule has 0 aromatic heterocycles. The maximum Gasteiger partial charge on any atom is 0.337 e. The van der Waals surface area contributed by atoms with Crippen molar-refractivity contribution in [1.29, 1.82) is 0 Å². The minimum absolute atomic E-state index is 0.0115. The van der Waals surface area contributed by atoms with Crippen molar-refractivity contribution in [1.82, 2.24) is 5.32 Å². The molecule has 1 aliphatic rings. The summed E-state index contributed by atoms with van der Waals surface area (Å²) in [7, 11) is 1.49. The zero-order valence-electron chi connectivity index (χ0n) is 21.2. The number of rotatable bonds is 10. The van der Waals surface area contributed by atoms with Crippen LogP contribution in [-0.4, -0.2) is 43.3 Å². The number of allylic oxidation sites excluding steroid dienone is 2. The molecule has 0 saturated heterocycles. The third-order valence-corrected chi connectivity index (χ3v) is 5.79. The van der Waals surface area contributed by atoms with Gasteiger partial charge in [0.15, 0.2) is 0 Å². The van der Waals surface area contributed by atoms with Gasteiger partial charge in [0.25, 0.3) is 5.69 Å². The second-order valence-electron chi connectivity index (χ2n) is 8.50. The van der Waals surface area contributed by atoms with E-state index in [1.807, 2.05) is 36.4 Å². The minimum atomic E-state index is -0.936. The molecule has 0 spiro atoms. The molecule has 0 bridgehead atoms. The average molecular weight is 507 g/mol. The number of methoxy groups -OCH3 is 1. The van der Waals surface area contributed by atoms with Gasteiger partial charge in [0, 0.05) is 30.6 Å². The molecular formula is C28H30N2O7. The molecule has 2 atom stereocenters. The first-order valence-electron chi connectivity index (χ1n) is 11.8. The van der Waals surface area contributed by atoms with E-state index in [0.29, 0.717) is 17.0 Å². The van der Waals surface area contributed by atoms with Crippen molar-refractivity contribution in [2.45, 2.75) is 32.8 Å². The fraction of sp³-hybridized carbons (Fsp3) is 0.286. The Morgan fingerprint density at radius 1 is 1.03 bits per heavy atom. The van der Waals surface area contributed by atoms with Crippen LogP contribution in [0.5, 0.6) is 0 Å². The highest BCUT2D eigenvalue weighted by Crippen LogP contribution is 2.40. The first-order chi connectivity index (χ1) is 17.7. The smallest absolute Gasteiger partial charge is 0.337 e. The van der Waals surface area contributed by atoms with Crippen LogP contribution < -0.4 is 5.32 Å². The van der Waals surface area contributed by atoms with E-state index in [-0.39, 0.29) is 30.0 Å². The molecule has 0 radical (unpaired) electrons. The number of hydrogen-bond donors (Lipinski definition) is 1. The van der Waals surface area contributed by atoms with E-state index in [9.17, 15) is 19.7 Å². The van der Waals surface area contributed by atoms with E-state index < -0.39 is 28.9 Å². The summed E-state index contributed by atoms with van der Waals surface area (Å²) in [5, 5.41) is 14.5. The Kier molecular flexibility index (Phi) is 9.34. The zero-order chi connectivity index (χ0) is 26.9. The molecule has 1 heterocycles. The predicted octanol–water partition coefficient (Wildman–Crippen LogP) is 4.66. The molecule has 2 aromatic carbocycles. The molecular weight excluding hydrogens is 476 g/mol. The van der Waals surface area contributed by atoms with Gasteiger partial charge in [-0.25, -0.2) is 9.59 Å². The molecule has 9 nitrogen and oxygen atoms in total. The largest absolute Gasteiger partial charge is 0.460 e. The Labute approximate surface area is 215 Å². The van der Waals surface area contributed by atoms with E-state index in [4.69, 9.17) is 14.2 Å².